The van der Waals surface area contributed by atoms with Crippen LogP contribution in [0.5, 0.6) is 0 Å². The molecule has 2 N–H and O–H groups in total. The number of halogens is 1. The molecule has 1 amide bonds. The van der Waals surface area contributed by atoms with E-state index in [1.165, 1.54) is 0 Å². The summed E-state index contributed by atoms with van der Waals surface area (Å²) in [6.45, 7) is 1.76. The molecule has 0 atom stereocenters. The van der Waals surface area contributed by atoms with Crippen molar-refractivity contribution in [3.63, 3.8) is 0 Å². The van der Waals surface area contributed by atoms with Crippen molar-refractivity contribution < 1.29 is 9.59 Å². The number of aromatic amines is 1. The number of amides is 1. The van der Waals surface area contributed by atoms with Crippen LogP contribution in [0, 0.1) is 6.92 Å². The number of ketones is 1. The van der Waals surface area contributed by atoms with Crippen molar-refractivity contribution in [3.05, 3.63) is 57.9 Å². The van der Waals surface area contributed by atoms with Crippen LogP contribution in [0.15, 0.2) is 30.3 Å². The Balaban J connectivity index is 2.36. The lowest BCUT2D eigenvalue weighted by molar-refractivity contribution is 0.0958. The Kier molecular flexibility index (Phi) is 3.71. The van der Waals surface area contributed by atoms with E-state index < -0.39 is 0 Å². The van der Waals surface area contributed by atoms with Crippen LogP contribution in [-0.2, 0) is 0 Å². The molecule has 0 bridgehead atoms. The van der Waals surface area contributed by atoms with Crippen molar-refractivity contribution in [1.82, 2.24) is 10.3 Å². The van der Waals surface area contributed by atoms with E-state index in [4.69, 9.17) is 11.6 Å². The third-order valence-electron chi connectivity index (χ3n) is 2.84. The number of rotatable bonds is 3. The number of aryl methyl sites for hydroxylation is 1. The Morgan fingerprint density at radius 3 is 2.42 bits per heavy atom. The summed E-state index contributed by atoms with van der Waals surface area (Å²) in [7, 11) is 1.54. The lowest BCUT2D eigenvalue weighted by Gasteiger charge is -2.00. The minimum absolute atomic E-state index is 0.138. The van der Waals surface area contributed by atoms with Gasteiger partial charge in [0.05, 0.1) is 0 Å². The Hall–Kier alpha value is -2.07. The summed E-state index contributed by atoms with van der Waals surface area (Å²) in [6.07, 6.45) is 0. The van der Waals surface area contributed by atoms with Crippen LogP contribution >= 0.6 is 11.6 Å². The number of carbonyl (C=O) groups is 2. The second kappa shape index (κ2) is 5.28. The first kappa shape index (κ1) is 13.4. The van der Waals surface area contributed by atoms with E-state index in [1.54, 1.807) is 44.3 Å². The predicted octanol–water partition coefficient (Wildman–Crippen LogP) is 2.57. The first-order valence-electron chi connectivity index (χ1n) is 5.75. The Morgan fingerprint density at radius 1 is 1.21 bits per heavy atom. The number of benzene rings is 1. The Morgan fingerprint density at radius 2 is 1.84 bits per heavy atom. The van der Waals surface area contributed by atoms with Crippen LogP contribution in [0.4, 0.5) is 0 Å². The molecule has 1 aromatic heterocycles. The SMILES string of the molecule is CNC(=O)c1cc(C(=O)c2ccc(Cl)cc2)c(C)[nH]1. The van der Waals surface area contributed by atoms with E-state index in [2.05, 4.69) is 10.3 Å². The molecule has 0 unspecified atom stereocenters. The van der Waals surface area contributed by atoms with E-state index in [1.807, 2.05) is 0 Å². The zero-order valence-corrected chi connectivity index (χ0v) is 11.3. The van der Waals surface area contributed by atoms with Crippen molar-refractivity contribution in [2.45, 2.75) is 6.92 Å². The number of nitrogens with one attached hydrogen (secondary N) is 2. The highest BCUT2D eigenvalue weighted by atomic mass is 35.5. The summed E-state index contributed by atoms with van der Waals surface area (Å²) >= 11 is 5.79. The molecule has 0 radical (unpaired) electrons. The molecular formula is C14H13ClN2O2. The molecule has 0 aliphatic carbocycles. The van der Waals surface area contributed by atoms with Gasteiger partial charge in [-0.15, -0.1) is 0 Å². The van der Waals surface area contributed by atoms with Crippen LogP contribution in [0.1, 0.15) is 32.1 Å². The average Bonchev–Trinajstić information content (AvgIpc) is 2.80. The third kappa shape index (κ3) is 2.69. The normalized spacial score (nSPS) is 10.3. The molecule has 0 fully saturated rings. The zero-order valence-electron chi connectivity index (χ0n) is 10.6. The van der Waals surface area contributed by atoms with Crippen molar-refractivity contribution >= 4 is 23.3 Å². The Labute approximate surface area is 115 Å². The quantitative estimate of drug-likeness (QED) is 0.847. The van der Waals surface area contributed by atoms with E-state index in [-0.39, 0.29) is 11.7 Å². The van der Waals surface area contributed by atoms with Gasteiger partial charge < -0.3 is 10.3 Å². The largest absolute Gasteiger partial charge is 0.354 e. The minimum atomic E-state index is -0.252. The van der Waals surface area contributed by atoms with Crippen molar-refractivity contribution in [1.29, 1.82) is 0 Å². The lowest BCUT2D eigenvalue weighted by atomic mass is 10.0. The molecule has 1 heterocycles. The molecule has 98 valence electrons. The molecule has 5 heteroatoms. The van der Waals surface area contributed by atoms with Crippen molar-refractivity contribution in [3.8, 4) is 0 Å². The zero-order chi connectivity index (χ0) is 14.0. The molecule has 0 aliphatic rings. The first-order chi connectivity index (χ1) is 9.02. The molecule has 2 aromatic rings. The summed E-state index contributed by atoms with van der Waals surface area (Å²) in [5, 5.41) is 3.09. The summed E-state index contributed by atoms with van der Waals surface area (Å²) in [5.74, 6) is -0.390. The predicted molar refractivity (Wildman–Crippen MR) is 73.8 cm³/mol. The number of hydrogen-bond acceptors (Lipinski definition) is 2. The minimum Gasteiger partial charge on any atom is -0.354 e. The van der Waals surface area contributed by atoms with Gasteiger partial charge in [-0.25, -0.2) is 0 Å². The van der Waals surface area contributed by atoms with E-state index >= 15 is 0 Å². The van der Waals surface area contributed by atoms with E-state index in [9.17, 15) is 9.59 Å². The Bertz CT molecular complexity index is 629. The van der Waals surface area contributed by atoms with Gasteiger partial charge >= 0.3 is 0 Å². The van der Waals surface area contributed by atoms with Gasteiger partial charge in [0.2, 0.25) is 0 Å². The fraction of sp³-hybridized carbons (Fsp3) is 0.143. The second-order valence-electron chi connectivity index (χ2n) is 4.14. The molecule has 1 aromatic carbocycles. The van der Waals surface area contributed by atoms with Crippen LogP contribution in [0.2, 0.25) is 5.02 Å². The highest BCUT2D eigenvalue weighted by Crippen LogP contribution is 2.17. The van der Waals surface area contributed by atoms with Crippen LogP contribution in [0.25, 0.3) is 0 Å². The van der Waals surface area contributed by atoms with Gasteiger partial charge in [-0.2, -0.15) is 0 Å². The topological polar surface area (TPSA) is 62.0 Å². The maximum Gasteiger partial charge on any atom is 0.267 e. The van der Waals surface area contributed by atoms with Gasteiger partial charge in [0.25, 0.3) is 5.91 Å². The number of H-pyrrole nitrogens is 1. The maximum absolute atomic E-state index is 12.3. The fourth-order valence-corrected chi connectivity index (χ4v) is 1.93. The first-order valence-corrected chi connectivity index (χ1v) is 6.12. The molecular weight excluding hydrogens is 264 g/mol. The standard InChI is InChI=1S/C14H13ClN2O2/c1-8-11(7-12(17-8)14(19)16-2)13(18)9-3-5-10(15)6-4-9/h3-7,17H,1-2H3,(H,16,19). The highest BCUT2D eigenvalue weighted by Gasteiger charge is 2.17. The smallest absolute Gasteiger partial charge is 0.267 e. The molecule has 19 heavy (non-hydrogen) atoms. The van der Waals surface area contributed by atoms with Crippen LogP contribution in [-0.4, -0.2) is 23.7 Å². The molecule has 2 rings (SSSR count). The summed E-state index contributed by atoms with van der Waals surface area (Å²) in [4.78, 5) is 26.7. The fourth-order valence-electron chi connectivity index (χ4n) is 1.81. The average molecular weight is 277 g/mol. The van der Waals surface area contributed by atoms with Gasteiger partial charge in [0, 0.05) is 28.9 Å². The highest BCUT2D eigenvalue weighted by molar-refractivity contribution is 6.30. The molecule has 0 saturated carbocycles. The number of carbonyl (C=O) groups excluding carboxylic acids is 2. The van der Waals surface area contributed by atoms with Gasteiger partial charge in [0.1, 0.15) is 5.69 Å². The van der Waals surface area contributed by atoms with E-state index in [0.29, 0.717) is 27.5 Å². The number of hydrogen-bond donors (Lipinski definition) is 2. The van der Waals surface area contributed by atoms with Gasteiger partial charge in [-0.05, 0) is 37.3 Å². The molecule has 4 nitrogen and oxygen atoms in total. The van der Waals surface area contributed by atoms with E-state index in [0.717, 1.165) is 0 Å². The monoisotopic (exact) mass is 276 g/mol. The lowest BCUT2D eigenvalue weighted by Crippen LogP contribution is -2.18. The summed E-state index contributed by atoms with van der Waals surface area (Å²) < 4.78 is 0. The van der Waals surface area contributed by atoms with Gasteiger partial charge in [-0.1, -0.05) is 11.6 Å². The van der Waals surface area contributed by atoms with Crippen LogP contribution < -0.4 is 5.32 Å². The number of aromatic nitrogens is 1. The van der Waals surface area contributed by atoms with Crippen LogP contribution in [0.3, 0.4) is 0 Å². The van der Waals surface area contributed by atoms with Crippen molar-refractivity contribution in [2.75, 3.05) is 7.05 Å². The van der Waals surface area contributed by atoms with Gasteiger partial charge in [0.15, 0.2) is 5.78 Å². The molecule has 0 saturated heterocycles. The maximum atomic E-state index is 12.3. The third-order valence-corrected chi connectivity index (χ3v) is 3.09. The molecule has 0 spiro atoms. The second-order valence-corrected chi connectivity index (χ2v) is 4.57. The van der Waals surface area contributed by atoms with Gasteiger partial charge in [-0.3, -0.25) is 9.59 Å². The summed E-state index contributed by atoms with van der Waals surface area (Å²) in [5.41, 5.74) is 2.06. The van der Waals surface area contributed by atoms with Crippen molar-refractivity contribution in [2.24, 2.45) is 0 Å². The summed E-state index contributed by atoms with van der Waals surface area (Å²) in [6, 6.07) is 8.21. The molecule has 0 aliphatic heterocycles.